The number of phosphoric acid groups is 1. The zero-order chi connectivity index (χ0) is 20.0. The number of hydrogen-bond donors (Lipinski definition) is 1. The highest BCUT2D eigenvalue weighted by Crippen LogP contribution is 2.44. The molecular weight excluding hydrogens is 385 g/mol. The van der Waals surface area contributed by atoms with Crippen LogP contribution in [0.3, 0.4) is 0 Å². The first kappa shape index (κ1) is 20.2. The van der Waals surface area contributed by atoms with Crippen molar-refractivity contribution >= 4 is 19.6 Å². The van der Waals surface area contributed by atoms with Crippen LogP contribution in [0.15, 0.2) is 6.33 Å². The van der Waals surface area contributed by atoms with Crippen molar-refractivity contribution < 1.29 is 42.6 Å². The van der Waals surface area contributed by atoms with E-state index in [2.05, 4.69) is 9.51 Å². The molecule has 12 nitrogen and oxygen atoms in total. The van der Waals surface area contributed by atoms with Gasteiger partial charge in [0.25, 0.3) is 0 Å². The third kappa shape index (κ3) is 4.16. The predicted octanol–water partition coefficient (Wildman–Crippen LogP) is -1.10. The molecule has 4 atom stereocenters. The first-order valence-electron chi connectivity index (χ1n) is 8.19. The lowest BCUT2D eigenvalue weighted by atomic mass is 10.1. The molecule has 0 spiro atoms. The number of carbonyl (C=O) groups is 1. The first-order chi connectivity index (χ1) is 12.5. The zero-order valence-electron chi connectivity index (χ0n) is 14.9. The van der Waals surface area contributed by atoms with Gasteiger partial charge in [0.15, 0.2) is 17.7 Å². The minimum Gasteiger partial charge on any atom is -0.790 e. The highest BCUT2D eigenvalue weighted by atomic mass is 31.2. The summed E-state index contributed by atoms with van der Waals surface area (Å²) in [6.07, 6.45) is -1.92. The van der Waals surface area contributed by atoms with E-state index in [9.17, 15) is 19.1 Å². The van der Waals surface area contributed by atoms with E-state index in [-0.39, 0.29) is 18.1 Å². The van der Waals surface area contributed by atoms with Crippen LogP contribution in [0.4, 0.5) is 5.82 Å². The van der Waals surface area contributed by atoms with Crippen LogP contribution in [0.5, 0.6) is 0 Å². The Morgan fingerprint density at radius 3 is 2.70 bits per heavy atom. The van der Waals surface area contributed by atoms with Crippen LogP contribution in [-0.2, 0) is 28.0 Å². The van der Waals surface area contributed by atoms with Gasteiger partial charge in [-0.05, 0) is 20.8 Å². The zero-order valence-corrected chi connectivity index (χ0v) is 15.8. The number of rotatable bonds is 6. The average Bonchev–Trinajstić information content (AvgIpc) is 3.16. The second kappa shape index (κ2) is 7.13. The number of nitrogens with zero attached hydrogens (tertiary/aromatic N) is 2. The number of aromatic nitrogens is 2. The van der Waals surface area contributed by atoms with E-state index in [1.807, 2.05) is 0 Å². The van der Waals surface area contributed by atoms with Gasteiger partial charge in [-0.25, -0.2) is 9.78 Å². The number of esters is 1. The number of fused-ring (bicyclic) bond motifs is 1. The van der Waals surface area contributed by atoms with Crippen molar-refractivity contribution in [3.05, 3.63) is 12.0 Å². The Bertz CT molecular complexity index is 761. The van der Waals surface area contributed by atoms with E-state index in [0.29, 0.717) is 0 Å². The van der Waals surface area contributed by atoms with Gasteiger partial charge in [-0.3, -0.25) is 4.57 Å². The maximum Gasteiger partial charge on any atom is 0.360 e. The molecule has 1 aromatic heterocycles. The highest BCUT2D eigenvalue weighted by Gasteiger charge is 2.56. The lowest BCUT2D eigenvalue weighted by Crippen LogP contribution is -2.34. The molecule has 4 unspecified atom stereocenters. The Hall–Kier alpha value is -1.53. The van der Waals surface area contributed by atoms with Gasteiger partial charge in [0.05, 0.1) is 27.4 Å². The maximum absolute atomic E-state index is 11.9. The number of nitrogen functional groups attached to an aromatic ring is 1. The number of nitrogens with two attached hydrogens (primary N) is 1. The van der Waals surface area contributed by atoms with Crippen LogP contribution in [0.2, 0.25) is 0 Å². The monoisotopic (exact) mass is 405 g/mol. The van der Waals surface area contributed by atoms with E-state index >= 15 is 0 Å². The van der Waals surface area contributed by atoms with Crippen molar-refractivity contribution in [3.63, 3.8) is 0 Å². The lowest BCUT2D eigenvalue weighted by Gasteiger charge is -2.31. The fraction of sp³-hybridized carbons (Fsp3) is 0.714. The Morgan fingerprint density at radius 1 is 1.41 bits per heavy atom. The van der Waals surface area contributed by atoms with Gasteiger partial charge in [-0.1, -0.05) is 0 Å². The molecule has 0 radical (unpaired) electrons. The van der Waals surface area contributed by atoms with E-state index in [1.165, 1.54) is 10.9 Å². The second-order valence-corrected chi connectivity index (χ2v) is 7.63. The molecule has 0 amide bonds. The highest BCUT2D eigenvalue weighted by molar-refractivity contribution is 7.43. The normalized spacial score (nSPS) is 29.7. The molecule has 0 saturated carbocycles. The number of hydrogen-bond acceptors (Lipinski definition) is 11. The van der Waals surface area contributed by atoms with Gasteiger partial charge in [-0.15, -0.1) is 0 Å². The van der Waals surface area contributed by atoms with Gasteiger partial charge in [0, 0.05) is 0 Å². The molecule has 27 heavy (non-hydrogen) atoms. The van der Waals surface area contributed by atoms with Gasteiger partial charge in [0.1, 0.15) is 24.1 Å². The third-order valence-electron chi connectivity index (χ3n) is 4.10. The summed E-state index contributed by atoms with van der Waals surface area (Å²) < 4.78 is 38.7. The van der Waals surface area contributed by atoms with E-state index < -0.39 is 50.7 Å². The van der Waals surface area contributed by atoms with E-state index in [1.54, 1.807) is 20.8 Å². The molecule has 2 saturated heterocycles. The van der Waals surface area contributed by atoms with Gasteiger partial charge >= 0.3 is 5.97 Å². The summed E-state index contributed by atoms with van der Waals surface area (Å²) in [6, 6.07) is 0. The SMILES string of the molecule is CCOC(=O)c1ncn(C2OC(COP(=O)([O-])[O-])C3OC(C)(C)OC32)c1N. The average molecular weight is 405 g/mol. The van der Waals surface area contributed by atoms with Crippen molar-refractivity contribution in [2.45, 2.75) is 51.1 Å². The van der Waals surface area contributed by atoms with Crippen LogP contribution in [0, 0.1) is 0 Å². The first-order valence-corrected chi connectivity index (χ1v) is 9.65. The minimum absolute atomic E-state index is 0.00889. The molecule has 2 aliphatic rings. The largest absolute Gasteiger partial charge is 0.790 e. The number of ether oxygens (including phenoxy) is 4. The summed E-state index contributed by atoms with van der Waals surface area (Å²) in [5.41, 5.74) is 5.92. The van der Waals surface area contributed by atoms with Crippen molar-refractivity contribution in [3.8, 4) is 0 Å². The fourth-order valence-corrected chi connectivity index (χ4v) is 3.44. The van der Waals surface area contributed by atoms with Crippen molar-refractivity contribution in [2.24, 2.45) is 0 Å². The van der Waals surface area contributed by atoms with Gasteiger partial charge in [-0.2, -0.15) is 0 Å². The summed E-state index contributed by atoms with van der Waals surface area (Å²) >= 11 is 0. The van der Waals surface area contributed by atoms with E-state index in [4.69, 9.17) is 24.7 Å². The Morgan fingerprint density at radius 2 is 2.07 bits per heavy atom. The standard InChI is InChI=1S/C14H22N3O9P/c1-4-22-13(18)8-11(15)17(6-16-8)12-10-9(25-14(2,3)26-10)7(24-12)5-23-27(19,20)21/h6-7,9-10,12H,4-5,15H2,1-3H3,(H2,19,20,21)/p-2. The Balaban J connectivity index is 1.85. The van der Waals surface area contributed by atoms with Crippen LogP contribution in [0.25, 0.3) is 0 Å². The molecule has 0 aromatic carbocycles. The van der Waals surface area contributed by atoms with Crippen molar-refractivity contribution in [2.75, 3.05) is 18.9 Å². The van der Waals surface area contributed by atoms with Crippen molar-refractivity contribution in [1.82, 2.24) is 9.55 Å². The smallest absolute Gasteiger partial charge is 0.360 e. The molecule has 152 valence electrons. The molecule has 3 rings (SSSR count). The quantitative estimate of drug-likeness (QED) is 0.450. The lowest BCUT2D eigenvalue weighted by molar-refractivity contribution is -0.343. The topological polar surface area (TPSA) is 170 Å². The summed E-state index contributed by atoms with van der Waals surface area (Å²) in [7, 11) is -5.19. The summed E-state index contributed by atoms with van der Waals surface area (Å²) in [5.74, 6) is -1.68. The predicted molar refractivity (Wildman–Crippen MR) is 83.9 cm³/mol. The fourth-order valence-electron chi connectivity index (χ4n) is 3.11. The number of carbonyl (C=O) groups excluding carboxylic acids is 1. The summed E-state index contributed by atoms with van der Waals surface area (Å²) in [6.45, 7) is 4.61. The molecule has 2 fully saturated rings. The number of imidazole rings is 1. The second-order valence-electron chi connectivity index (χ2n) is 6.48. The van der Waals surface area contributed by atoms with Gasteiger partial charge in [0.2, 0.25) is 0 Å². The Labute approximate surface area is 154 Å². The van der Waals surface area contributed by atoms with Crippen LogP contribution in [0.1, 0.15) is 37.5 Å². The molecule has 3 heterocycles. The molecule has 2 aliphatic heterocycles. The van der Waals surface area contributed by atoms with Crippen LogP contribution >= 0.6 is 7.82 Å². The molecule has 0 bridgehead atoms. The van der Waals surface area contributed by atoms with E-state index in [0.717, 1.165) is 0 Å². The van der Waals surface area contributed by atoms with Crippen molar-refractivity contribution in [1.29, 1.82) is 0 Å². The van der Waals surface area contributed by atoms with Gasteiger partial charge < -0.3 is 43.6 Å². The molecule has 0 aliphatic carbocycles. The number of anilines is 1. The summed E-state index contributed by atoms with van der Waals surface area (Å²) in [4.78, 5) is 37.4. The number of phosphoric ester groups is 1. The Kier molecular flexibility index (Phi) is 5.34. The molecular formula is C14H20N3O9P-2. The third-order valence-corrected chi connectivity index (χ3v) is 4.56. The van der Waals surface area contributed by atoms with Crippen LogP contribution < -0.4 is 15.5 Å². The van der Waals surface area contributed by atoms with Crippen LogP contribution in [-0.4, -0.2) is 52.8 Å². The summed E-state index contributed by atoms with van der Waals surface area (Å²) in [5, 5.41) is 0. The minimum atomic E-state index is -5.19. The molecule has 1 aromatic rings. The maximum atomic E-state index is 11.9. The molecule has 13 heteroatoms. The molecule has 2 N–H and O–H groups in total.